The van der Waals surface area contributed by atoms with Gasteiger partial charge in [0.15, 0.2) is 0 Å². The highest BCUT2D eigenvalue weighted by atomic mass is 19.4. The molecule has 3 rings (SSSR count). The first-order chi connectivity index (χ1) is 15.9. The van der Waals surface area contributed by atoms with Gasteiger partial charge in [-0.05, 0) is 30.4 Å². The van der Waals surface area contributed by atoms with Crippen LogP contribution < -0.4 is 10.6 Å². The van der Waals surface area contributed by atoms with Gasteiger partial charge in [0, 0.05) is 13.1 Å². The Bertz CT molecular complexity index is 1000. The van der Waals surface area contributed by atoms with Gasteiger partial charge in [-0.15, -0.1) is 0 Å². The minimum absolute atomic E-state index is 0.0297. The molecule has 34 heavy (non-hydrogen) atoms. The summed E-state index contributed by atoms with van der Waals surface area (Å²) in [4.78, 5) is 42.2. The molecule has 2 aliphatic rings. The van der Waals surface area contributed by atoms with E-state index in [1.807, 2.05) is 27.7 Å². The molecule has 10 heteroatoms. The van der Waals surface area contributed by atoms with Crippen molar-refractivity contribution in [2.75, 3.05) is 19.6 Å². The molecular formula is C24H31F3N4O3. The number of carbonyl (C=O) groups is 3. The van der Waals surface area contributed by atoms with Crippen LogP contribution in [-0.4, -0.2) is 53.3 Å². The monoisotopic (exact) mass is 480 g/mol. The first kappa shape index (κ1) is 25.6. The zero-order valence-electron chi connectivity index (χ0n) is 20.0. The third-order valence-electron chi connectivity index (χ3n) is 6.06. The second-order valence-electron chi connectivity index (χ2n) is 9.33. The Hall–Kier alpha value is -3.04. The van der Waals surface area contributed by atoms with Gasteiger partial charge in [-0.25, -0.2) is 4.79 Å². The molecule has 186 valence electrons. The van der Waals surface area contributed by atoms with E-state index in [0.29, 0.717) is 12.2 Å². The Morgan fingerprint density at radius 1 is 1.18 bits per heavy atom. The van der Waals surface area contributed by atoms with Crippen LogP contribution in [0.25, 0.3) is 0 Å². The lowest BCUT2D eigenvalue weighted by molar-refractivity contribution is -0.139. The predicted octanol–water partition coefficient (Wildman–Crippen LogP) is 3.68. The molecule has 2 aliphatic heterocycles. The highest BCUT2D eigenvalue weighted by Gasteiger charge is 2.49. The molecule has 1 aromatic rings. The average molecular weight is 481 g/mol. The zero-order valence-corrected chi connectivity index (χ0v) is 20.0. The van der Waals surface area contributed by atoms with E-state index in [0.717, 1.165) is 6.07 Å². The molecule has 0 aromatic heterocycles. The fourth-order valence-corrected chi connectivity index (χ4v) is 4.53. The van der Waals surface area contributed by atoms with Crippen LogP contribution in [0.15, 0.2) is 35.5 Å². The van der Waals surface area contributed by atoms with E-state index in [4.69, 9.17) is 0 Å². The molecule has 0 aliphatic carbocycles. The topological polar surface area (TPSA) is 81.8 Å². The number of hydrogen-bond donors (Lipinski definition) is 2. The van der Waals surface area contributed by atoms with Crippen molar-refractivity contribution in [1.82, 2.24) is 20.4 Å². The predicted molar refractivity (Wildman–Crippen MR) is 120 cm³/mol. The SMILES string of the molecule is CCN1C(=O)N[C@@H](c2ccccc2C(F)(F)F)C2=C1CN([C@@H](C(=O)NCC(C)C)C(C)C)C2=O. The number of urea groups is 1. The largest absolute Gasteiger partial charge is 0.416 e. The van der Waals surface area contributed by atoms with Crippen LogP contribution in [0.4, 0.5) is 18.0 Å². The third-order valence-corrected chi connectivity index (χ3v) is 6.06. The maximum absolute atomic E-state index is 13.8. The van der Waals surface area contributed by atoms with Crippen molar-refractivity contribution in [2.24, 2.45) is 11.8 Å². The van der Waals surface area contributed by atoms with E-state index >= 15 is 0 Å². The number of halogens is 3. The lowest BCUT2D eigenvalue weighted by Crippen LogP contribution is -2.52. The number of nitrogens with one attached hydrogen (secondary N) is 2. The minimum atomic E-state index is -4.66. The standard InChI is InChI=1S/C24H31F3N4O3/c1-6-30-17-12-31(20(14(4)5)21(32)28-11-13(2)3)22(33)18(17)19(29-23(30)34)15-9-7-8-10-16(15)24(25,26)27/h7-10,13-14,19-20H,6,11-12H2,1-5H3,(H,28,32)(H,29,34)/t19-,20+/m0/s1. The van der Waals surface area contributed by atoms with Crippen LogP contribution in [0.3, 0.4) is 0 Å². The van der Waals surface area contributed by atoms with E-state index in [1.54, 1.807) is 6.92 Å². The van der Waals surface area contributed by atoms with Crippen molar-refractivity contribution in [2.45, 2.75) is 52.9 Å². The molecule has 0 saturated carbocycles. The van der Waals surface area contributed by atoms with Gasteiger partial charge in [0.1, 0.15) is 6.04 Å². The molecular weight excluding hydrogens is 449 g/mol. The van der Waals surface area contributed by atoms with E-state index < -0.39 is 35.8 Å². The van der Waals surface area contributed by atoms with Gasteiger partial charge < -0.3 is 15.5 Å². The quantitative estimate of drug-likeness (QED) is 0.625. The lowest BCUT2D eigenvalue weighted by Gasteiger charge is -2.33. The molecule has 0 bridgehead atoms. The van der Waals surface area contributed by atoms with Crippen molar-refractivity contribution >= 4 is 17.8 Å². The molecule has 0 fully saturated rings. The maximum Gasteiger partial charge on any atom is 0.416 e. The maximum atomic E-state index is 13.8. The van der Waals surface area contributed by atoms with Crippen LogP contribution in [0.2, 0.25) is 0 Å². The highest BCUT2D eigenvalue weighted by Crippen LogP contribution is 2.42. The molecule has 0 spiro atoms. The van der Waals surface area contributed by atoms with Crippen LogP contribution in [-0.2, 0) is 15.8 Å². The molecule has 0 saturated heterocycles. The summed E-state index contributed by atoms with van der Waals surface area (Å²) in [5, 5.41) is 5.44. The molecule has 2 atom stereocenters. The second-order valence-corrected chi connectivity index (χ2v) is 9.33. The number of rotatable bonds is 7. The number of amides is 4. The number of hydrogen-bond acceptors (Lipinski definition) is 3. The Morgan fingerprint density at radius 3 is 2.38 bits per heavy atom. The molecule has 2 heterocycles. The molecule has 0 radical (unpaired) electrons. The summed E-state index contributed by atoms with van der Waals surface area (Å²) in [7, 11) is 0. The summed E-state index contributed by atoms with van der Waals surface area (Å²) in [5.74, 6) is -0.921. The number of nitrogens with zero attached hydrogens (tertiary/aromatic N) is 2. The number of likely N-dealkylation sites (N-methyl/N-ethyl adjacent to an activating group) is 1. The second kappa shape index (κ2) is 9.68. The average Bonchev–Trinajstić information content (AvgIpc) is 3.07. The van der Waals surface area contributed by atoms with Gasteiger partial charge in [-0.1, -0.05) is 45.9 Å². The molecule has 2 N–H and O–H groups in total. The lowest BCUT2D eigenvalue weighted by atomic mass is 9.91. The van der Waals surface area contributed by atoms with Gasteiger partial charge in [-0.2, -0.15) is 13.2 Å². The van der Waals surface area contributed by atoms with Crippen molar-refractivity contribution < 1.29 is 27.6 Å². The molecule has 1 aromatic carbocycles. The summed E-state index contributed by atoms with van der Waals surface area (Å²) < 4.78 is 41.3. The van der Waals surface area contributed by atoms with Crippen LogP contribution in [0.5, 0.6) is 0 Å². The fourth-order valence-electron chi connectivity index (χ4n) is 4.53. The number of alkyl halides is 3. The van der Waals surface area contributed by atoms with Crippen molar-refractivity contribution in [3.8, 4) is 0 Å². The van der Waals surface area contributed by atoms with Gasteiger partial charge in [0.25, 0.3) is 5.91 Å². The first-order valence-corrected chi connectivity index (χ1v) is 11.4. The van der Waals surface area contributed by atoms with Gasteiger partial charge >= 0.3 is 12.2 Å². The Morgan fingerprint density at radius 2 is 1.82 bits per heavy atom. The smallest absolute Gasteiger partial charge is 0.354 e. The zero-order chi connectivity index (χ0) is 25.4. The van der Waals surface area contributed by atoms with Crippen molar-refractivity contribution in [1.29, 1.82) is 0 Å². The molecule has 7 nitrogen and oxygen atoms in total. The van der Waals surface area contributed by atoms with E-state index in [2.05, 4.69) is 10.6 Å². The minimum Gasteiger partial charge on any atom is -0.354 e. The van der Waals surface area contributed by atoms with Crippen LogP contribution in [0, 0.1) is 11.8 Å². The normalized spacial score (nSPS) is 19.6. The Kier molecular flexibility index (Phi) is 7.28. The number of benzene rings is 1. The molecule has 0 unspecified atom stereocenters. The van der Waals surface area contributed by atoms with Gasteiger partial charge in [-0.3, -0.25) is 14.5 Å². The van der Waals surface area contributed by atoms with Crippen molar-refractivity contribution in [3.05, 3.63) is 46.7 Å². The highest BCUT2D eigenvalue weighted by molar-refractivity contribution is 6.03. The Balaban J connectivity index is 2.06. The summed E-state index contributed by atoms with van der Waals surface area (Å²) in [5.41, 5.74) is -0.716. The Labute approximate surface area is 197 Å². The number of carbonyl (C=O) groups excluding carboxylic acids is 3. The van der Waals surface area contributed by atoms with Crippen molar-refractivity contribution in [3.63, 3.8) is 0 Å². The van der Waals surface area contributed by atoms with E-state index in [1.165, 1.54) is 28.0 Å². The van der Waals surface area contributed by atoms with E-state index in [-0.39, 0.29) is 42.0 Å². The van der Waals surface area contributed by atoms with Crippen LogP contribution in [0.1, 0.15) is 51.8 Å². The van der Waals surface area contributed by atoms with Crippen LogP contribution >= 0.6 is 0 Å². The summed E-state index contributed by atoms with van der Waals surface area (Å²) in [6, 6.07) is 2.23. The third kappa shape index (κ3) is 4.76. The van der Waals surface area contributed by atoms with E-state index in [9.17, 15) is 27.6 Å². The fraction of sp³-hybridized carbons (Fsp3) is 0.542. The van der Waals surface area contributed by atoms with Gasteiger partial charge in [0.2, 0.25) is 5.91 Å². The summed E-state index contributed by atoms with van der Waals surface area (Å²) in [6.07, 6.45) is -4.66. The first-order valence-electron chi connectivity index (χ1n) is 11.4. The summed E-state index contributed by atoms with van der Waals surface area (Å²) >= 11 is 0. The summed E-state index contributed by atoms with van der Waals surface area (Å²) in [6.45, 7) is 9.86. The van der Waals surface area contributed by atoms with Gasteiger partial charge in [0.05, 0.1) is 29.4 Å². The molecule has 4 amide bonds.